The maximum atomic E-state index is 14.3. The van der Waals surface area contributed by atoms with Gasteiger partial charge < -0.3 is 10.1 Å². The van der Waals surface area contributed by atoms with Crippen LogP contribution in [-0.4, -0.2) is 39.4 Å². The van der Waals surface area contributed by atoms with E-state index in [1.165, 1.54) is 17.3 Å². The molecule has 1 aliphatic rings. The highest BCUT2D eigenvalue weighted by atomic mass is 32.2. The summed E-state index contributed by atoms with van der Waals surface area (Å²) in [6.07, 6.45) is -2.29. The molecule has 1 aromatic heterocycles. The summed E-state index contributed by atoms with van der Waals surface area (Å²) < 4.78 is 53.0. The molecule has 7 nitrogen and oxygen atoms in total. The third-order valence-corrected chi connectivity index (χ3v) is 5.10. The van der Waals surface area contributed by atoms with Crippen molar-refractivity contribution in [3.63, 3.8) is 0 Å². The number of alkyl halides is 3. The van der Waals surface area contributed by atoms with E-state index in [9.17, 15) is 27.5 Å². The zero-order valence-corrected chi connectivity index (χ0v) is 15.9. The quantitative estimate of drug-likeness (QED) is 0.608. The summed E-state index contributed by atoms with van der Waals surface area (Å²) in [5, 5.41) is 10.8. The molecule has 3 rings (SSSR count). The first kappa shape index (κ1) is 21.3. The lowest BCUT2D eigenvalue weighted by molar-refractivity contribution is -0.140. The SMILES string of the molecule is C[C@H](CO)NN1c2[nH]c(=O)cnc2C=NC1SCc1cccc(C(F)(F)F)c1F. The number of fused-ring (bicyclic) bond motifs is 1. The molecule has 3 N–H and O–H groups in total. The Morgan fingerprint density at radius 1 is 1.41 bits per heavy atom. The molecule has 0 radical (unpaired) electrons. The van der Waals surface area contributed by atoms with Crippen LogP contribution in [0.3, 0.4) is 0 Å². The predicted molar refractivity (Wildman–Crippen MR) is 101 cm³/mol. The number of aliphatic imine (C=N–C) groups is 1. The van der Waals surface area contributed by atoms with Crippen LogP contribution < -0.4 is 16.0 Å². The minimum Gasteiger partial charge on any atom is -0.395 e. The Hall–Kier alpha value is -2.44. The second kappa shape index (κ2) is 8.51. The summed E-state index contributed by atoms with van der Waals surface area (Å²) in [5.41, 5.74) is 0.658. The number of nitrogens with zero attached hydrogens (tertiary/aromatic N) is 3. The molecule has 0 fully saturated rings. The lowest BCUT2D eigenvalue weighted by Crippen LogP contribution is -2.52. The third kappa shape index (κ3) is 4.77. The van der Waals surface area contributed by atoms with Crippen LogP contribution in [0.1, 0.15) is 23.7 Å². The van der Waals surface area contributed by atoms with Crippen molar-refractivity contribution < 1.29 is 22.7 Å². The van der Waals surface area contributed by atoms with Gasteiger partial charge in [0.05, 0.1) is 24.6 Å². The molecule has 2 atom stereocenters. The zero-order valence-electron chi connectivity index (χ0n) is 15.1. The molecule has 12 heteroatoms. The molecule has 1 aliphatic heterocycles. The summed E-state index contributed by atoms with van der Waals surface area (Å²) in [4.78, 5) is 22.5. The average molecular weight is 431 g/mol. The Morgan fingerprint density at radius 3 is 2.86 bits per heavy atom. The van der Waals surface area contributed by atoms with Gasteiger partial charge in [-0.2, -0.15) is 13.2 Å². The van der Waals surface area contributed by atoms with Gasteiger partial charge in [-0.05, 0) is 18.6 Å². The van der Waals surface area contributed by atoms with Crippen molar-refractivity contribution in [2.75, 3.05) is 11.6 Å². The smallest absolute Gasteiger partial charge is 0.395 e. The van der Waals surface area contributed by atoms with Crippen LogP contribution in [-0.2, 0) is 11.9 Å². The number of benzene rings is 1. The van der Waals surface area contributed by atoms with Crippen LogP contribution in [0, 0.1) is 5.82 Å². The van der Waals surface area contributed by atoms with E-state index in [0.717, 1.165) is 24.0 Å². The molecule has 1 unspecified atom stereocenters. The van der Waals surface area contributed by atoms with Crippen molar-refractivity contribution >= 4 is 23.8 Å². The molecule has 29 heavy (non-hydrogen) atoms. The molecule has 0 amide bonds. The molecule has 0 spiro atoms. The van der Waals surface area contributed by atoms with Gasteiger partial charge in [-0.15, -0.1) is 11.8 Å². The van der Waals surface area contributed by atoms with Gasteiger partial charge in [0.15, 0.2) is 11.3 Å². The van der Waals surface area contributed by atoms with Crippen LogP contribution in [0.15, 0.2) is 34.2 Å². The topological polar surface area (TPSA) is 93.6 Å². The van der Waals surface area contributed by atoms with E-state index in [0.29, 0.717) is 11.8 Å². The lowest BCUT2D eigenvalue weighted by atomic mass is 10.1. The first-order valence-electron chi connectivity index (χ1n) is 8.45. The molecule has 0 saturated heterocycles. The number of hydrogen-bond acceptors (Lipinski definition) is 7. The third-order valence-electron chi connectivity index (χ3n) is 4.00. The number of rotatable bonds is 6. The Bertz CT molecular complexity index is 966. The van der Waals surface area contributed by atoms with E-state index < -0.39 is 34.7 Å². The van der Waals surface area contributed by atoms with Gasteiger partial charge in [-0.1, -0.05) is 12.1 Å². The molecule has 2 heterocycles. The highest BCUT2D eigenvalue weighted by molar-refractivity contribution is 7.99. The summed E-state index contributed by atoms with van der Waals surface area (Å²) >= 11 is 1.04. The minimum absolute atomic E-state index is 0.108. The van der Waals surface area contributed by atoms with Crippen molar-refractivity contribution in [3.8, 4) is 0 Å². The van der Waals surface area contributed by atoms with Gasteiger partial charge >= 0.3 is 6.18 Å². The van der Waals surface area contributed by atoms with Crippen LogP contribution in [0.5, 0.6) is 0 Å². The Morgan fingerprint density at radius 2 is 2.17 bits per heavy atom. The van der Waals surface area contributed by atoms with E-state index in [-0.39, 0.29) is 23.7 Å². The van der Waals surface area contributed by atoms with Crippen LogP contribution in [0.4, 0.5) is 23.4 Å². The number of anilines is 1. The number of thioether (sulfide) groups is 1. The van der Waals surface area contributed by atoms with Crippen molar-refractivity contribution in [3.05, 3.63) is 57.4 Å². The number of H-pyrrole nitrogens is 1. The molecule has 0 saturated carbocycles. The van der Waals surface area contributed by atoms with E-state index in [4.69, 9.17) is 0 Å². The standard InChI is InChI=1S/C17H17F4N5O2S/c1-9(7-27)25-26-15-12(22-6-13(28)24-15)5-23-16(26)29-8-10-3-2-4-11(14(10)18)17(19,20)21/h2-6,9,16,25,27H,7-8H2,1H3,(H,24,28)/t9-,16?/m1/s1. The van der Waals surface area contributed by atoms with E-state index in [1.54, 1.807) is 6.92 Å². The number of hydrogen-bond donors (Lipinski definition) is 3. The highest BCUT2D eigenvalue weighted by Crippen LogP contribution is 2.34. The maximum absolute atomic E-state index is 14.3. The second-order valence-corrected chi connectivity index (χ2v) is 7.30. The first-order chi connectivity index (χ1) is 13.7. The van der Waals surface area contributed by atoms with Crippen LogP contribution in [0.25, 0.3) is 0 Å². The van der Waals surface area contributed by atoms with Crippen molar-refractivity contribution in [1.29, 1.82) is 0 Å². The minimum atomic E-state index is -4.79. The fraction of sp³-hybridized carbons (Fsp3) is 0.353. The molecule has 156 valence electrons. The second-order valence-electron chi connectivity index (χ2n) is 6.26. The number of nitrogens with one attached hydrogen (secondary N) is 2. The van der Waals surface area contributed by atoms with E-state index in [1.807, 2.05) is 0 Å². The molecular weight excluding hydrogens is 414 g/mol. The molecule has 0 bridgehead atoms. The molecular formula is C17H17F4N5O2S. The van der Waals surface area contributed by atoms with Gasteiger partial charge in [0.25, 0.3) is 5.56 Å². The predicted octanol–water partition coefficient (Wildman–Crippen LogP) is 2.27. The van der Waals surface area contributed by atoms with Gasteiger partial charge in [0.1, 0.15) is 11.5 Å². The number of halogens is 4. The average Bonchev–Trinajstić information content (AvgIpc) is 2.67. The summed E-state index contributed by atoms with van der Waals surface area (Å²) in [6.45, 7) is 1.46. The zero-order chi connectivity index (χ0) is 21.2. The van der Waals surface area contributed by atoms with Crippen LogP contribution in [0.2, 0.25) is 0 Å². The van der Waals surface area contributed by atoms with Gasteiger partial charge in [0.2, 0.25) is 0 Å². The fourth-order valence-corrected chi connectivity index (χ4v) is 3.60. The highest BCUT2D eigenvalue weighted by Gasteiger charge is 2.35. The first-order valence-corrected chi connectivity index (χ1v) is 9.50. The summed E-state index contributed by atoms with van der Waals surface area (Å²) in [6, 6.07) is 2.68. The Kier molecular flexibility index (Phi) is 6.24. The van der Waals surface area contributed by atoms with E-state index >= 15 is 0 Å². The molecule has 2 aromatic rings. The monoisotopic (exact) mass is 431 g/mol. The van der Waals surface area contributed by atoms with Gasteiger partial charge in [0, 0.05) is 11.8 Å². The van der Waals surface area contributed by atoms with Crippen molar-refractivity contribution in [1.82, 2.24) is 15.4 Å². The number of aromatic nitrogens is 2. The normalized spacial score (nSPS) is 17.3. The lowest BCUT2D eigenvalue weighted by Gasteiger charge is -2.35. The van der Waals surface area contributed by atoms with Crippen molar-refractivity contribution in [2.45, 2.75) is 30.4 Å². The number of aliphatic hydroxyl groups is 1. The van der Waals surface area contributed by atoms with Gasteiger partial charge in [-0.25, -0.2) is 14.8 Å². The largest absolute Gasteiger partial charge is 0.419 e. The Balaban J connectivity index is 1.85. The number of aliphatic hydroxyl groups excluding tert-OH is 1. The molecule has 0 aliphatic carbocycles. The van der Waals surface area contributed by atoms with Crippen molar-refractivity contribution in [2.24, 2.45) is 4.99 Å². The van der Waals surface area contributed by atoms with E-state index in [2.05, 4.69) is 20.4 Å². The number of hydrazine groups is 1. The molecule has 1 aromatic carbocycles. The summed E-state index contributed by atoms with van der Waals surface area (Å²) in [7, 11) is 0. The maximum Gasteiger partial charge on any atom is 0.419 e. The fourth-order valence-electron chi connectivity index (χ4n) is 2.59. The van der Waals surface area contributed by atoms with Crippen LogP contribution >= 0.6 is 11.8 Å². The van der Waals surface area contributed by atoms with Gasteiger partial charge in [-0.3, -0.25) is 14.8 Å². The summed E-state index contributed by atoms with van der Waals surface area (Å²) in [5.74, 6) is -1.15. The number of aromatic amines is 1. The Labute approximate surface area is 166 Å².